The molecule has 11 heteroatoms. The van der Waals surface area contributed by atoms with Gasteiger partial charge in [0.05, 0.1) is 0 Å². The summed E-state index contributed by atoms with van der Waals surface area (Å²) in [5.74, 6) is -1.38. The largest absolute Gasteiger partial charge is 4.00 e. The van der Waals surface area contributed by atoms with Gasteiger partial charge in [0.25, 0.3) is 0 Å². The zero-order chi connectivity index (χ0) is 7.71. The quantitative estimate of drug-likeness (QED) is 0.289. The summed E-state index contributed by atoms with van der Waals surface area (Å²) in [5, 5.41) is 0. The van der Waals surface area contributed by atoms with E-state index in [2.05, 4.69) is 0 Å². The molecule has 0 aromatic rings. The molecule has 0 saturated heterocycles. The van der Waals surface area contributed by atoms with Gasteiger partial charge in [-0.05, 0) is 0 Å². The third-order valence-electron chi connectivity index (χ3n) is 0.368. The van der Waals surface area contributed by atoms with Crippen molar-refractivity contribution >= 4 is 39.1 Å². The average Bonchev–Trinajstić information content (AvgIpc) is 1.14. The SMILES string of the molecule is O=P(O)(O)CP(=O)(O)O.[Sn+2].[Tc+4].[Tc+4]. The van der Waals surface area contributed by atoms with Crippen molar-refractivity contribution in [3.63, 3.8) is 0 Å². The molecule has 0 atom stereocenters. The Morgan fingerprint density at radius 1 is 0.833 bits per heavy atom. The minimum Gasteiger partial charge on any atom is -0.324 e. The number of hydrogen-bond donors (Lipinski definition) is 4. The van der Waals surface area contributed by atoms with Crippen LogP contribution < -0.4 is 0 Å². The van der Waals surface area contributed by atoms with Crippen LogP contribution in [-0.4, -0.2) is 49.4 Å². The van der Waals surface area contributed by atoms with E-state index in [0.717, 1.165) is 0 Å². The van der Waals surface area contributed by atoms with Crippen LogP contribution in [0.4, 0.5) is 0 Å². The Morgan fingerprint density at radius 2 is 1.00 bits per heavy atom. The molecule has 0 amide bonds. The molecule has 0 fully saturated rings. The van der Waals surface area contributed by atoms with Crippen molar-refractivity contribution in [1.82, 2.24) is 0 Å². The minimum absolute atomic E-state index is 0. The van der Waals surface area contributed by atoms with Gasteiger partial charge in [0.2, 0.25) is 0 Å². The van der Waals surface area contributed by atoms with Crippen LogP contribution in [0.15, 0.2) is 0 Å². The van der Waals surface area contributed by atoms with Crippen molar-refractivity contribution < 1.29 is 68.9 Å². The van der Waals surface area contributed by atoms with Gasteiger partial charge in [-0.15, -0.1) is 0 Å². The molecule has 0 spiro atoms. The second-order valence-corrected chi connectivity index (χ2v) is 5.26. The predicted molar refractivity (Wildman–Crippen MR) is 34.7 cm³/mol. The van der Waals surface area contributed by atoms with Crippen molar-refractivity contribution in [2.45, 2.75) is 0 Å². The summed E-state index contributed by atoms with van der Waals surface area (Å²) >= 11 is 0. The Hall–Kier alpha value is 2.40. The van der Waals surface area contributed by atoms with Crippen LogP contribution in [0.5, 0.6) is 0 Å². The molecule has 4 radical (unpaired) electrons. The van der Waals surface area contributed by atoms with Gasteiger partial charge in [0.15, 0.2) is 5.90 Å². The fourth-order valence-corrected chi connectivity index (χ4v) is 2.16. The van der Waals surface area contributed by atoms with E-state index in [-0.39, 0.29) is 64.1 Å². The summed E-state index contributed by atoms with van der Waals surface area (Å²) in [6.07, 6.45) is 0. The summed E-state index contributed by atoms with van der Waals surface area (Å²) in [4.78, 5) is 31.9. The molecule has 4 N–H and O–H groups in total. The van der Waals surface area contributed by atoms with Crippen LogP contribution in [0.25, 0.3) is 0 Å². The third-order valence-corrected chi connectivity index (χ3v) is 3.32. The molecule has 0 unspecified atom stereocenters. The van der Waals surface area contributed by atoms with Gasteiger partial charge < -0.3 is 19.6 Å². The summed E-state index contributed by atoms with van der Waals surface area (Å²) in [6, 6.07) is 0. The van der Waals surface area contributed by atoms with Crippen LogP contribution >= 0.6 is 15.2 Å². The average molecular weight is 491 g/mol. The van der Waals surface area contributed by atoms with Gasteiger partial charge in [-0.1, -0.05) is 0 Å². The molecule has 0 aliphatic rings. The smallest absolute Gasteiger partial charge is 0.324 e. The fourth-order valence-electron chi connectivity index (χ4n) is 0.240. The molecule has 0 aromatic carbocycles. The Labute approximate surface area is 113 Å². The molecule has 6 nitrogen and oxygen atoms in total. The second-order valence-electron chi connectivity index (χ2n) is 1.47. The van der Waals surface area contributed by atoms with Gasteiger partial charge in [-0.2, -0.15) is 0 Å². The van der Waals surface area contributed by atoms with Crippen LogP contribution in [0.1, 0.15) is 0 Å². The van der Waals surface area contributed by atoms with E-state index in [1.54, 1.807) is 0 Å². The van der Waals surface area contributed by atoms with Crippen molar-refractivity contribution in [2.75, 3.05) is 5.90 Å². The van der Waals surface area contributed by atoms with E-state index in [9.17, 15) is 9.13 Å². The van der Waals surface area contributed by atoms with Crippen LogP contribution in [0.2, 0.25) is 0 Å². The van der Waals surface area contributed by atoms with Gasteiger partial charge in [0.1, 0.15) is 0 Å². The first-order valence-electron chi connectivity index (χ1n) is 1.80. The molecular weight excluding hydrogens is 485 g/mol. The van der Waals surface area contributed by atoms with E-state index in [0.29, 0.717) is 0 Å². The van der Waals surface area contributed by atoms with Gasteiger partial charge in [0, 0.05) is 0 Å². The van der Waals surface area contributed by atoms with E-state index >= 15 is 0 Å². The molecule has 0 rings (SSSR count). The third kappa shape index (κ3) is 22.8. The van der Waals surface area contributed by atoms with Crippen molar-refractivity contribution in [1.29, 1.82) is 0 Å². The molecule has 0 aliphatic carbocycles. The Bertz CT molecular complexity index is 164. The molecular formula is CH6O6P2SnTc2+10. The van der Waals surface area contributed by atoms with Crippen molar-refractivity contribution in [3.05, 3.63) is 0 Å². The van der Waals surface area contributed by atoms with Crippen LogP contribution in [-0.2, 0) is 49.3 Å². The Morgan fingerprint density at radius 3 is 1.00 bits per heavy atom. The normalized spacial score (nSPS) is 10.3. The topological polar surface area (TPSA) is 115 Å². The van der Waals surface area contributed by atoms with Crippen molar-refractivity contribution in [2.24, 2.45) is 0 Å². The van der Waals surface area contributed by atoms with Crippen LogP contribution in [0.3, 0.4) is 0 Å². The summed E-state index contributed by atoms with van der Waals surface area (Å²) in [7, 11) is -9.10. The van der Waals surface area contributed by atoms with Crippen molar-refractivity contribution in [3.8, 4) is 0 Å². The molecule has 64 valence electrons. The van der Waals surface area contributed by atoms with Crippen LogP contribution in [0, 0.1) is 0 Å². The predicted octanol–water partition coefficient (Wildman–Crippen LogP) is -1.09. The zero-order valence-corrected chi connectivity index (χ0v) is 13.8. The summed E-state index contributed by atoms with van der Waals surface area (Å²) < 4.78 is 19.7. The van der Waals surface area contributed by atoms with E-state index in [4.69, 9.17) is 19.6 Å². The molecule has 0 aromatic heterocycles. The number of rotatable bonds is 2. The molecule has 0 aliphatic heterocycles. The molecule has 12 heavy (non-hydrogen) atoms. The number of hydrogen-bond acceptors (Lipinski definition) is 2. The molecule has 0 bridgehead atoms. The second kappa shape index (κ2) is 8.69. The first-order chi connectivity index (χ1) is 3.71. The van der Waals surface area contributed by atoms with Gasteiger partial charge in [-0.3, -0.25) is 9.13 Å². The maximum atomic E-state index is 9.85. The Balaban J connectivity index is -0.000000107. The van der Waals surface area contributed by atoms with Gasteiger partial charge >= 0.3 is 79.3 Å². The van der Waals surface area contributed by atoms with E-state index in [1.807, 2.05) is 0 Å². The first-order valence-corrected chi connectivity index (χ1v) is 5.39. The minimum atomic E-state index is -4.55. The maximum Gasteiger partial charge on any atom is 4.00 e. The van der Waals surface area contributed by atoms with Gasteiger partial charge in [-0.25, -0.2) is 0 Å². The molecule has 0 heterocycles. The molecule has 0 saturated carbocycles. The first kappa shape index (κ1) is 23.9. The summed E-state index contributed by atoms with van der Waals surface area (Å²) in [6.45, 7) is 0. The zero-order valence-electron chi connectivity index (χ0n) is 5.46. The summed E-state index contributed by atoms with van der Waals surface area (Å²) in [5.41, 5.74) is 0. The Kier molecular flexibility index (Phi) is 17.3. The fraction of sp³-hybridized carbons (Fsp3) is 1.00. The standard InChI is InChI=1S/CH6O6P2.Sn.2Tc/c2-8(3,4)1-9(5,6)7;;;/h1H2,(H2,2,3,4)(H2,5,6,7);;;/q;+2;2*+4. The monoisotopic (exact) mass is 490 g/mol. The maximum absolute atomic E-state index is 9.85. The van der Waals surface area contributed by atoms with E-state index in [1.165, 1.54) is 0 Å². The van der Waals surface area contributed by atoms with E-state index < -0.39 is 21.1 Å².